The Balaban J connectivity index is 2.53. The average molecular weight is 299 g/mol. The van der Waals surface area contributed by atoms with Crippen molar-refractivity contribution in [3.63, 3.8) is 0 Å². The Morgan fingerprint density at radius 2 is 1.57 bits per heavy atom. The summed E-state index contributed by atoms with van der Waals surface area (Å²) >= 11 is 5.20. The maximum atomic E-state index is 12.4. The molecule has 0 fully saturated rings. The van der Waals surface area contributed by atoms with Crippen molar-refractivity contribution in [2.45, 2.75) is 0 Å². The summed E-state index contributed by atoms with van der Waals surface area (Å²) < 4.78 is 6.22. The second kappa shape index (κ2) is 6.76. The molecule has 21 heavy (non-hydrogen) atoms. The molecule has 0 saturated heterocycles. The van der Waals surface area contributed by atoms with Crippen molar-refractivity contribution in [1.29, 1.82) is 0 Å². The van der Waals surface area contributed by atoms with Crippen LogP contribution in [0.25, 0.3) is 5.70 Å². The summed E-state index contributed by atoms with van der Waals surface area (Å²) in [6, 6.07) is 13.9. The summed E-state index contributed by atoms with van der Waals surface area (Å²) in [5.74, 6) is -1.04. The van der Waals surface area contributed by atoms with E-state index in [9.17, 15) is 9.59 Å². The maximum absolute atomic E-state index is 12.4. The largest absolute Gasteiger partial charge is 0.769 e. The Morgan fingerprint density at radius 1 is 1.00 bits per heavy atom. The van der Waals surface area contributed by atoms with Crippen LogP contribution in [0.5, 0.6) is 0 Å². The number of carbonyl (C=O) groups excluding carboxylic acids is 2. The zero-order valence-electron chi connectivity index (χ0n) is 11.4. The number of benzene rings is 1. The smallest absolute Gasteiger partial charge is 0.402 e. The molecule has 5 heteroatoms. The van der Waals surface area contributed by atoms with Gasteiger partial charge in [-0.3, -0.25) is 4.79 Å². The van der Waals surface area contributed by atoms with Gasteiger partial charge < -0.3 is 17.4 Å². The van der Waals surface area contributed by atoms with Crippen LogP contribution in [0.4, 0.5) is 0 Å². The number of hydrogen-bond acceptors (Lipinski definition) is 4. The quantitative estimate of drug-likeness (QED) is 0.284. The van der Waals surface area contributed by atoms with Gasteiger partial charge in [-0.1, -0.05) is 36.4 Å². The fourth-order valence-corrected chi connectivity index (χ4v) is 2.09. The third-order valence-electron chi connectivity index (χ3n) is 2.81. The van der Waals surface area contributed by atoms with Gasteiger partial charge in [0, 0.05) is 17.7 Å². The zero-order valence-corrected chi connectivity index (χ0v) is 12.2. The monoisotopic (exact) mass is 299 g/mol. The first-order chi connectivity index (χ1) is 10.1. The van der Waals surface area contributed by atoms with Crippen LogP contribution in [0.15, 0.2) is 65.8 Å². The lowest BCUT2D eigenvalue weighted by Crippen LogP contribution is -2.38. The molecule has 106 valence electrons. The Kier molecular flexibility index (Phi) is 4.79. The van der Waals surface area contributed by atoms with E-state index < -0.39 is 5.97 Å². The Labute approximate surface area is 128 Å². The minimum Gasteiger partial charge on any atom is -0.769 e. The van der Waals surface area contributed by atoms with Gasteiger partial charge in [-0.2, -0.15) is 4.57 Å². The Bertz CT molecular complexity index is 681. The van der Waals surface area contributed by atoms with Gasteiger partial charge in [0.15, 0.2) is 18.2 Å². The van der Waals surface area contributed by atoms with Crippen LogP contribution < -0.4 is 4.57 Å². The topological polar surface area (TPSA) is 47.3 Å². The van der Waals surface area contributed by atoms with Crippen LogP contribution in [0.3, 0.4) is 0 Å². The molecular formula is C16H13NO3S. The van der Waals surface area contributed by atoms with Crippen LogP contribution in [0.2, 0.25) is 0 Å². The number of allylic oxidation sites excluding steroid dienone is 1. The zero-order chi connectivity index (χ0) is 15.2. The molecule has 0 aliphatic carbocycles. The fourth-order valence-electron chi connectivity index (χ4n) is 1.79. The highest BCUT2D eigenvalue weighted by Gasteiger charge is 2.24. The van der Waals surface area contributed by atoms with E-state index in [1.54, 1.807) is 60.9 Å². The molecule has 1 aromatic heterocycles. The van der Waals surface area contributed by atoms with E-state index in [2.05, 4.69) is 0 Å². The van der Waals surface area contributed by atoms with Crippen molar-refractivity contribution < 1.29 is 18.9 Å². The third kappa shape index (κ3) is 3.32. The van der Waals surface area contributed by atoms with Crippen molar-refractivity contribution in [1.82, 2.24) is 0 Å². The molecule has 0 unspecified atom stereocenters. The van der Waals surface area contributed by atoms with Gasteiger partial charge in [-0.05, 0) is 4.91 Å². The molecule has 1 heterocycles. The van der Waals surface area contributed by atoms with E-state index in [1.807, 2.05) is 0 Å². The summed E-state index contributed by atoms with van der Waals surface area (Å²) in [5.41, 5.74) is 0.461. The van der Waals surface area contributed by atoms with Crippen molar-refractivity contribution in [3.8, 4) is 0 Å². The number of ketones is 1. The average Bonchev–Trinajstić information content (AvgIpc) is 2.55. The Morgan fingerprint density at radius 3 is 2.14 bits per heavy atom. The van der Waals surface area contributed by atoms with Crippen LogP contribution in [0, 0.1) is 0 Å². The lowest BCUT2D eigenvalue weighted by molar-refractivity contribution is -0.578. The summed E-state index contributed by atoms with van der Waals surface area (Å²) in [4.78, 5) is 24.3. The molecule has 2 rings (SSSR count). The highest BCUT2D eigenvalue weighted by molar-refractivity contribution is 7.65. The van der Waals surface area contributed by atoms with Gasteiger partial charge in [0.1, 0.15) is 0 Å². The number of nitrogens with zero attached hydrogens (tertiary/aromatic N) is 1. The standard InChI is InChI=1S/C16H13NO3S/c1-20-16(19)13(17-10-6-3-7-11-17)15(21)14(18)12-8-4-2-5-9-12/h2-11H,1H3. The number of ether oxygens (including phenoxy) is 1. The van der Waals surface area contributed by atoms with Gasteiger partial charge >= 0.3 is 5.97 Å². The molecule has 0 spiro atoms. The minimum atomic E-state index is -0.652. The van der Waals surface area contributed by atoms with Crippen molar-refractivity contribution >= 4 is 30.1 Å². The maximum Gasteiger partial charge on any atom is 0.402 e. The van der Waals surface area contributed by atoms with Gasteiger partial charge in [0.2, 0.25) is 0 Å². The lowest BCUT2D eigenvalue weighted by atomic mass is 10.1. The predicted molar refractivity (Wildman–Crippen MR) is 80.0 cm³/mol. The lowest BCUT2D eigenvalue weighted by Gasteiger charge is -2.12. The minimum absolute atomic E-state index is 0.0296. The highest BCUT2D eigenvalue weighted by atomic mass is 32.1. The number of aromatic nitrogens is 1. The van der Waals surface area contributed by atoms with Crippen molar-refractivity contribution in [3.05, 3.63) is 71.4 Å². The SMILES string of the molecule is COC(=O)C(=C([S-])C(=O)c1ccccc1)[n+]1ccccc1. The molecule has 0 aliphatic heterocycles. The second-order valence-corrected chi connectivity index (χ2v) is 4.56. The molecule has 1 aromatic carbocycles. The molecule has 0 atom stereocenters. The Hall–Kier alpha value is -2.53. The molecule has 0 radical (unpaired) electrons. The van der Waals surface area contributed by atoms with Gasteiger partial charge in [-0.25, -0.2) is 4.79 Å². The molecule has 0 amide bonds. The van der Waals surface area contributed by atoms with E-state index in [0.717, 1.165) is 0 Å². The van der Waals surface area contributed by atoms with Gasteiger partial charge in [0.05, 0.1) is 7.11 Å². The predicted octanol–water partition coefficient (Wildman–Crippen LogP) is 1.75. The van der Waals surface area contributed by atoms with Crippen molar-refractivity contribution in [2.24, 2.45) is 0 Å². The summed E-state index contributed by atoms with van der Waals surface area (Å²) in [5, 5.41) is 0. The van der Waals surface area contributed by atoms with E-state index >= 15 is 0 Å². The van der Waals surface area contributed by atoms with E-state index in [-0.39, 0.29) is 16.4 Å². The first kappa shape index (κ1) is 14.9. The molecule has 0 bridgehead atoms. The summed E-state index contributed by atoms with van der Waals surface area (Å²) in [7, 11) is 1.25. The molecule has 0 saturated carbocycles. The molecule has 0 aliphatic rings. The molecule has 0 N–H and O–H groups in total. The van der Waals surface area contributed by atoms with E-state index in [1.165, 1.54) is 11.7 Å². The highest BCUT2D eigenvalue weighted by Crippen LogP contribution is 2.12. The molecule has 4 nitrogen and oxygen atoms in total. The first-order valence-corrected chi connectivity index (χ1v) is 6.62. The van der Waals surface area contributed by atoms with Crippen LogP contribution in [-0.2, 0) is 22.2 Å². The number of methoxy groups -OCH3 is 1. The molecular weight excluding hydrogens is 286 g/mol. The number of rotatable bonds is 4. The van der Waals surface area contributed by atoms with E-state index in [0.29, 0.717) is 5.56 Å². The number of carbonyl (C=O) groups is 2. The second-order valence-electron chi connectivity index (χ2n) is 4.15. The van der Waals surface area contributed by atoms with Crippen LogP contribution >= 0.6 is 0 Å². The summed E-state index contributed by atoms with van der Waals surface area (Å²) in [6.45, 7) is 0. The number of hydrogen-bond donors (Lipinski definition) is 0. The van der Waals surface area contributed by atoms with Gasteiger partial charge in [0.25, 0.3) is 5.70 Å². The van der Waals surface area contributed by atoms with Gasteiger partial charge in [-0.15, -0.1) is 0 Å². The number of Topliss-reactive ketones (excluding diaryl/α,β-unsaturated/α-hetero) is 1. The number of esters is 1. The van der Waals surface area contributed by atoms with Crippen LogP contribution in [0.1, 0.15) is 10.4 Å². The first-order valence-electron chi connectivity index (χ1n) is 6.21. The normalized spacial score (nSPS) is 11.5. The molecule has 2 aromatic rings. The van der Waals surface area contributed by atoms with E-state index in [4.69, 9.17) is 17.4 Å². The van der Waals surface area contributed by atoms with Crippen LogP contribution in [-0.4, -0.2) is 18.9 Å². The number of pyridine rings is 1. The third-order valence-corrected chi connectivity index (χ3v) is 3.19. The fraction of sp³-hybridized carbons (Fsp3) is 0.0625. The summed E-state index contributed by atoms with van der Waals surface area (Å²) in [6.07, 6.45) is 3.27. The van der Waals surface area contributed by atoms with Crippen molar-refractivity contribution in [2.75, 3.05) is 7.11 Å².